The van der Waals surface area contributed by atoms with Crippen molar-refractivity contribution in [2.75, 3.05) is 6.61 Å². The molecule has 0 spiro atoms. The van der Waals surface area contributed by atoms with Crippen LogP contribution in [0.5, 0.6) is 0 Å². The summed E-state index contributed by atoms with van der Waals surface area (Å²) in [4.78, 5) is 23.0. The van der Waals surface area contributed by atoms with E-state index in [4.69, 9.17) is 14.2 Å². The molecule has 0 bridgehead atoms. The van der Waals surface area contributed by atoms with Gasteiger partial charge in [-0.3, -0.25) is 0 Å². The molecule has 0 aromatic heterocycles. The van der Waals surface area contributed by atoms with Crippen LogP contribution in [-0.2, 0) is 23.8 Å². The Morgan fingerprint density at radius 2 is 1.95 bits per heavy atom. The van der Waals surface area contributed by atoms with Gasteiger partial charge in [0.2, 0.25) is 0 Å². The van der Waals surface area contributed by atoms with Crippen LogP contribution in [0.4, 0.5) is 0 Å². The van der Waals surface area contributed by atoms with Crippen molar-refractivity contribution in [1.82, 2.24) is 0 Å². The second-order valence-electron chi connectivity index (χ2n) is 4.89. The fourth-order valence-electron chi connectivity index (χ4n) is 2.28. The summed E-state index contributed by atoms with van der Waals surface area (Å²) in [6, 6.07) is 9.58. The van der Waals surface area contributed by atoms with Gasteiger partial charge < -0.3 is 14.2 Å². The summed E-state index contributed by atoms with van der Waals surface area (Å²) in [5.74, 6) is -0.984. The van der Waals surface area contributed by atoms with Crippen molar-refractivity contribution in [2.24, 2.45) is 0 Å². The van der Waals surface area contributed by atoms with Crippen LogP contribution in [0.25, 0.3) is 0 Å². The third-order valence-electron chi connectivity index (χ3n) is 3.45. The summed E-state index contributed by atoms with van der Waals surface area (Å²) in [5, 5.41) is 0. The van der Waals surface area contributed by atoms with Crippen LogP contribution < -0.4 is 0 Å². The van der Waals surface area contributed by atoms with Gasteiger partial charge in [-0.2, -0.15) is 0 Å². The molecule has 108 valence electrons. The van der Waals surface area contributed by atoms with Crippen molar-refractivity contribution >= 4 is 11.9 Å². The van der Waals surface area contributed by atoms with E-state index >= 15 is 0 Å². The summed E-state index contributed by atoms with van der Waals surface area (Å²) in [6.07, 6.45) is 2.12. The number of ether oxygens (including phenoxy) is 3. The average molecular weight is 286 g/mol. The molecule has 5 nitrogen and oxygen atoms in total. The van der Waals surface area contributed by atoms with Crippen LogP contribution in [0.3, 0.4) is 0 Å². The van der Waals surface area contributed by atoms with E-state index in [0.717, 1.165) is 5.56 Å². The molecule has 5 heteroatoms. The number of rotatable bonds is 3. The van der Waals surface area contributed by atoms with Gasteiger partial charge in [-0.1, -0.05) is 30.3 Å². The van der Waals surface area contributed by atoms with E-state index in [0.29, 0.717) is 11.1 Å². The largest absolute Gasteiger partial charge is 0.461 e. The highest BCUT2D eigenvalue weighted by Gasteiger charge is 2.33. The number of hydrogen-bond donors (Lipinski definition) is 0. The van der Waals surface area contributed by atoms with E-state index in [1.807, 2.05) is 30.3 Å². The molecule has 2 aliphatic heterocycles. The monoisotopic (exact) mass is 286 g/mol. The molecule has 0 N–H and O–H groups in total. The Balaban J connectivity index is 1.77. The molecule has 2 aliphatic rings. The van der Waals surface area contributed by atoms with Gasteiger partial charge in [0.05, 0.1) is 17.8 Å². The predicted molar refractivity (Wildman–Crippen MR) is 72.9 cm³/mol. The van der Waals surface area contributed by atoms with Gasteiger partial charge in [0.1, 0.15) is 6.61 Å². The lowest BCUT2D eigenvalue weighted by Crippen LogP contribution is -2.11. The quantitative estimate of drug-likeness (QED) is 0.483. The summed E-state index contributed by atoms with van der Waals surface area (Å²) in [6.45, 7) is 1.94. The van der Waals surface area contributed by atoms with Crippen molar-refractivity contribution in [2.45, 2.75) is 19.1 Å². The Hall–Kier alpha value is -2.56. The molecule has 3 rings (SSSR count). The first-order chi connectivity index (χ1) is 10.1. The maximum absolute atomic E-state index is 11.8. The standard InChI is InChI=1S/C16H14O5/c1-10-7-14(21-15(10)17)19-9-13-12(8-20-16(13)18)11-5-3-2-4-6-11/h2-7,9,12,14H,8H2,1H3/b13-9+/t12-,14+/m1/s1. The van der Waals surface area contributed by atoms with Crippen molar-refractivity contribution in [1.29, 1.82) is 0 Å². The van der Waals surface area contributed by atoms with Crippen LogP contribution >= 0.6 is 0 Å². The lowest BCUT2D eigenvalue weighted by Gasteiger charge is -2.11. The molecule has 1 fully saturated rings. The van der Waals surface area contributed by atoms with E-state index in [9.17, 15) is 9.59 Å². The first-order valence-corrected chi connectivity index (χ1v) is 6.62. The normalized spacial score (nSPS) is 26.5. The Morgan fingerprint density at radius 1 is 1.19 bits per heavy atom. The zero-order valence-electron chi connectivity index (χ0n) is 11.4. The van der Waals surface area contributed by atoms with Crippen LogP contribution in [0.2, 0.25) is 0 Å². The van der Waals surface area contributed by atoms with Crippen molar-refractivity contribution in [3.63, 3.8) is 0 Å². The van der Waals surface area contributed by atoms with Gasteiger partial charge in [-0.05, 0) is 12.5 Å². The van der Waals surface area contributed by atoms with Gasteiger partial charge in [0.25, 0.3) is 6.29 Å². The highest BCUT2D eigenvalue weighted by Crippen LogP contribution is 2.31. The zero-order chi connectivity index (χ0) is 14.8. The Bertz CT molecular complexity index is 629. The molecule has 1 saturated heterocycles. The zero-order valence-corrected chi connectivity index (χ0v) is 11.4. The van der Waals surface area contributed by atoms with E-state index in [2.05, 4.69) is 0 Å². The molecule has 1 aromatic carbocycles. The highest BCUT2D eigenvalue weighted by atomic mass is 16.7. The lowest BCUT2D eigenvalue weighted by atomic mass is 9.94. The fourth-order valence-corrected chi connectivity index (χ4v) is 2.28. The van der Waals surface area contributed by atoms with Crippen molar-refractivity contribution in [3.05, 3.63) is 59.4 Å². The van der Waals surface area contributed by atoms with Gasteiger partial charge in [-0.15, -0.1) is 0 Å². The summed E-state index contributed by atoms with van der Waals surface area (Å²) >= 11 is 0. The van der Waals surface area contributed by atoms with E-state index < -0.39 is 18.2 Å². The number of esters is 2. The average Bonchev–Trinajstić information content (AvgIpc) is 3.01. The lowest BCUT2D eigenvalue weighted by molar-refractivity contribution is -0.152. The molecule has 0 radical (unpaired) electrons. The molecule has 0 unspecified atom stereocenters. The second-order valence-corrected chi connectivity index (χ2v) is 4.89. The number of carbonyl (C=O) groups is 2. The summed E-state index contributed by atoms with van der Waals surface area (Å²) in [5.41, 5.74) is 1.90. The third kappa shape index (κ3) is 2.67. The molecule has 1 aromatic rings. The molecular formula is C16H14O5. The Labute approximate surface area is 121 Å². The summed E-state index contributed by atoms with van der Waals surface area (Å²) in [7, 11) is 0. The smallest absolute Gasteiger partial charge is 0.337 e. The van der Waals surface area contributed by atoms with Gasteiger partial charge in [0, 0.05) is 11.6 Å². The molecule has 21 heavy (non-hydrogen) atoms. The molecule has 2 heterocycles. The highest BCUT2D eigenvalue weighted by molar-refractivity contribution is 5.92. The third-order valence-corrected chi connectivity index (χ3v) is 3.45. The SMILES string of the molecule is CC1=C[C@@H](O/C=C2/C(=O)OC[C@@H]2c2ccccc2)OC1=O. The van der Waals surface area contributed by atoms with E-state index in [1.54, 1.807) is 13.0 Å². The van der Waals surface area contributed by atoms with Crippen LogP contribution in [-0.4, -0.2) is 24.8 Å². The molecule has 0 amide bonds. The molecule has 0 saturated carbocycles. The number of benzene rings is 1. The van der Waals surface area contributed by atoms with E-state index in [1.165, 1.54) is 6.26 Å². The van der Waals surface area contributed by atoms with Crippen molar-refractivity contribution < 1.29 is 23.8 Å². The maximum atomic E-state index is 11.8. The van der Waals surface area contributed by atoms with Gasteiger partial charge >= 0.3 is 11.9 Å². The topological polar surface area (TPSA) is 61.8 Å². The van der Waals surface area contributed by atoms with Crippen LogP contribution in [0.15, 0.2) is 53.8 Å². The number of cyclic esters (lactones) is 2. The number of hydrogen-bond acceptors (Lipinski definition) is 5. The van der Waals surface area contributed by atoms with E-state index in [-0.39, 0.29) is 12.5 Å². The second kappa shape index (κ2) is 5.44. The van der Waals surface area contributed by atoms with Gasteiger partial charge in [-0.25, -0.2) is 9.59 Å². The maximum Gasteiger partial charge on any atom is 0.337 e. The first-order valence-electron chi connectivity index (χ1n) is 6.62. The van der Waals surface area contributed by atoms with Crippen LogP contribution in [0, 0.1) is 0 Å². The summed E-state index contributed by atoms with van der Waals surface area (Å²) < 4.78 is 15.4. The minimum Gasteiger partial charge on any atom is -0.461 e. The Kier molecular flexibility index (Phi) is 3.48. The molecule has 0 aliphatic carbocycles. The first kappa shape index (κ1) is 13.4. The molecule has 2 atom stereocenters. The fraction of sp³-hybridized carbons (Fsp3) is 0.250. The minimum atomic E-state index is -0.783. The van der Waals surface area contributed by atoms with Crippen molar-refractivity contribution in [3.8, 4) is 0 Å². The number of carbonyl (C=O) groups excluding carboxylic acids is 2. The minimum absolute atomic E-state index is 0.166. The van der Waals surface area contributed by atoms with Gasteiger partial charge in [0.15, 0.2) is 0 Å². The van der Waals surface area contributed by atoms with Crippen LogP contribution in [0.1, 0.15) is 18.4 Å². The predicted octanol–water partition coefficient (Wildman–Crippen LogP) is 2.06. The Morgan fingerprint density at radius 3 is 2.62 bits per heavy atom. The molecular weight excluding hydrogens is 272 g/mol.